The first-order valence-corrected chi connectivity index (χ1v) is 9.94. The average molecular weight is 439 g/mol. The SMILES string of the molecule is COc1cc(N)c(Cl)cc1C(=O)OC(C(=O)Nc1cc(C)cc(C)c1)c1ccccc1. The lowest BCUT2D eigenvalue weighted by atomic mass is 10.1. The third-order valence-corrected chi connectivity index (χ3v) is 4.92. The van der Waals surface area contributed by atoms with Crippen molar-refractivity contribution in [3.8, 4) is 5.75 Å². The molecule has 7 heteroatoms. The van der Waals surface area contributed by atoms with E-state index < -0.39 is 18.0 Å². The van der Waals surface area contributed by atoms with Gasteiger partial charge in [-0.3, -0.25) is 4.79 Å². The first-order chi connectivity index (χ1) is 14.8. The van der Waals surface area contributed by atoms with Crippen LogP contribution in [0.15, 0.2) is 60.7 Å². The molecule has 0 aliphatic carbocycles. The Hall–Kier alpha value is -3.51. The van der Waals surface area contributed by atoms with Crippen LogP contribution in [-0.4, -0.2) is 19.0 Å². The lowest BCUT2D eigenvalue weighted by Gasteiger charge is -2.19. The number of ether oxygens (including phenoxy) is 2. The van der Waals surface area contributed by atoms with Crippen LogP contribution in [0.3, 0.4) is 0 Å². The van der Waals surface area contributed by atoms with E-state index in [1.807, 2.05) is 38.1 Å². The Bertz CT molecular complexity index is 1100. The molecule has 0 saturated carbocycles. The van der Waals surface area contributed by atoms with Gasteiger partial charge < -0.3 is 20.5 Å². The summed E-state index contributed by atoms with van der Waals surface area (Å²) in [6, 6.07) is 17.3. The van der Waals surface area contributed by atoms with Crippen molar-refractivity contribution in [3.05, 3.63) is 87.9 Å². The number of nitrogens with one attached hydrogen (secondary N) is 1. The number of methoxy groups -OCH3 is 1. The summed E-state index contributed by atoms with van der Waals surface area (Å²) in [6.45, 7) is 3.88. The second-order valence-corrected chi connectivity index (χ2v) is 7.54. The average Bonchev–Trinajstić information content (AvgIpc) is 2.73. The highest BCUT2D eigenvalue weighted by molar-refractivity contribution is 6.33. The molecule has 0 saturated heterocycles. The monoisotopic (exact) mass is 438 g/mol. The van der Waals surface area contributed by atoms with Gasteiger partial charge in [-0.1, -0.05) is 48.0 Å². The number of halogens is 1. The summed E-state index contributed by atoms with van der Waals surface area (Å²) in [4.78, 5) is 26.1. The van der Waals surface area contributed by atoms with Gasteiger partial charge in [-0.25, -0.2) is 4.79 Å². The lowest BCUT2D eigenvalue weighted by Crippen LogP contribution is -2.26. The third-order valence-electron chi connectivity index (χ3n) is 4.59. The van der Waals surface area contributed by atoms with Gasteiger partial charge in [0.15, 0.2) is 0 Å². The Morgan fingerprint density at radius 2 is 1.65 bits per heavy atom. The number of hydrogen-bond donors (Lipinski definition) is 2. The summed E-state index contributed by atoms with van der Waals surface area (Å²) in [6.07, 6.45) is -1.18. The molecule has 0 heterocycles. The van der Waals surface area contributed by atoms with Gasteiger partial charge in [-0.15, -0.1) is 0 Å². The van der Waals surface area contributed by atoms with Crippen molar-refractivity contribution < 1.29 is 19.1 Å². The molecule has 1 amide bonds. The molecule has 0 spiro atoms. The van der Waals surface area contributed by atoms with Crippen LogP contribution >= 0.6 is 11.6 Å². The smallest absolute Gasteiger partial charge is 0.343 e. The summed E-state index contributed by atoms with van der Waals surface area (Å²) < 4.78 is 10.9. The van der Waals surface area contributed by atoms with Crippen LogP contribution in [-0.2, 0) is 9.53 Å². The van der Waals surface area contributed by atoms with Crippen molar-refractivity contribution in [3.63, 3.8) is 0 Å². The van der Waals surface area contributed by atoms with E-state index in [9.17, 15) is 9.59 Å². The van der Waals surface area contributed by atoms with E-state index in [0.717, 1.165) is 11.1 Å². The molecular weight excluding hydrogens is 416 g/mol. The highest BCUT2D eigenvalue weighted by Crippen LogP contribution is 2.31. The van der Waals surface area contributed by atoms with E-state index in [4.69, 9.17) is 26.8 Å². The van der Waals surface area contributed by atoms with Gasteiger partial charge in [-0.05, 0) is 43.2 Å². The molecule has 0 aliphatic rings. The van der Waals surface area contributed by atoms with Gasteiger partial charge in [-0.2, -0.15) is 0 Å². The van der Waals surface area contributed by atoms with E-state index in [2.05, 4.69) is 5.32 Å². The highest BCUT2D eigenvalue weighted by atomic mass is 35.5. The Balaban J connectivity index is 1.92. The number of rotatable bonds is 6. The van der Waals surface area contributed by atoms with Gasteiger partial charge in [0.05, 0.1) is 17.8 Å². The quantitative estimate of drug-likeness (QED) is 0.413. The molecular formula is C24H23ClN2O4. The maximum Gasteiger partial charge on any atom is 0.343 e. The molecule has 1 unspecified atom stereocenters. The van der Waals surface area contributed by atoms with Gasteiger partial charge in [0.1, 0.15) is 11.3 Å². The predicted octanol–water partition coefficient (Wildman–Crippen LogP) is 5.08. The summed E-state index contributed by atoms with van der Waals surface area (Å²) in [5, 5.41) is 3.02. The number of nitrogen functional groups attached to an aromatic ring is 1. The number of anilines is 2. The number of nitrogens with two attached hydrogens (primary N) is 1. The van der Waals surface area contributed by atoms with Crippen LogP contribution in [0.5, 0.6) is 5.75 Å². The molecule has 0 aliphatic heterocycles. The van der Waals surface area contributed by atoms with Crippen molar-refractivity contribution in [1.29, 1.82) is 0 Å². The van der Waals surface area contributed by atoms with E-state index in [-0.39, 0.29) is 22.0 Å². The van der Waals surface area contributed by atoms with Crippen molar-refractivity contribution in [2.24, 2.45) is 0 Å². The first kappa shape index (κ1) is 22.2. The van der Waals surface area contributed by atoms with E-state index in [1.165, 1.54) is 19.2 Å². The van der Waals surface area contributed by atoms with Crippen LogP contribution in [0.25, 0.3) is 0 Å². The van der Waals surface area contributed by atoms with Crippen LogP contribution in [0, 0.1) is 13.8 Å². The van der Waals surface area contributed by atoms with Crippen molar-refractivity contribution in [2.75, 3.05) is 18.2 Å². The van der Waals surface area contributed by atoms with Gasteiger partial charge in [0.2, 0.25) is 6.10 Å². The van der Waals surface area contributed by atoms with Gasteiger partial charge in [0.25, 0.3) is 5.91 Å². The Kier molecular flexibility index (Phi) is 6.82. The number of carbonyl (C=O) groups excluding carboxylic acids is 2. The normalized spacial score (nSPS) is 11.5. The molecule has 3 N–H and O–H groups in total. The predicted molar refractivity (Wildman–Crippen MR) is 122 cm³/mol. The summed E-state index contributed by atoms with van der Waals surface area (Å²) in [5.41, 5.74) is 9.28. The number of hydrogen-bond acceptors (Lipinski definition) is 5. The topological polar surface area (TPSA) is 90.7 Å². The van der Waals surface area contributed by atoms with Gasteiger partial charge in [0, 0.05) is 17.3 Å². The molecule has 160 valence electrons. The lowest BCUT2D eigenvalue weighted by molar-refractivity contribution is -0.125. The highest BCUT2D eigenvalue weighted by Gasteiger charge is 2.27. The minimum Gasteiger partial charge on any atom is -0.496 e. The molecule has 0 bridgehead atoms. The standard InChI is InChI=1S/C24H23ClN2O4/c1-14-9-15(2)11-17(10-14)27-23(28)22(16-7-5-4-6-8-16)31-24(29)18-12-19(25)20(26)13-21(18)30-3/h4-13,22H,26H2,1-3H3,(H,27,28). The number of amides is 1. The zero-order chi connectivity index (χ0) is 22.5. The van der Waals surface area contributed by atoms with Crippen LogP contribution in [0.4, 0.5) is 11.4 Å². The van der Waals surface area contributed by atoms with Crippen LogP contribution < -0.4 is 15.8 Å². The molecule has 0 radical (unpaired) electrons. The summed E-state index contributed by atoms with van der Waals surface area (Å²) >= 11 is 6.07. The van der Waals surface area contributed by atoms with Crippen molar-refractivity contribution in [2.45, 2.75) is 20.0 Å². The van der Waals surface area contributed by atoms with E-state index in [1.54, 1.807) is 24.3 Å². The maximum atomic E-state index is 13.1. The minimum atomic E-state index is -1.18. The Labute approximate surface area is 185 Å². The van der Waals surface area contributed by atoms with Crippen LogP contribution in [0.2, 0.25) is 5.02 Å². The second kappa shape index (κ2) is 9.53. The number of esters is 1. The molecule has 31 heavy (non-hydrogen) atoms. The zero-order valence-corrected chi connectivity index (χ0v) is 18.2. The Morgan fingerprint density at radius 1 is 1.00 bits per heavy atom. The summed E-state index contributed by atoms with van der Waals surface area (Å²) in [5.74, 6) is -1.04. The molecule has 1 atom stereocenters. The molecule has 3 aromatic carbocycles. The van der Waals surface area contributed by atoms with E-state index >= 15 is 0 Å². The minimum absolute atomic E-state index is 0.0711. The van der Waals surface area contributed by atoms with Crippen molar-refractivity contribution in [1.82, 2.24) is 0 Å². The zero-order valence-electron chi connectivity index (χ0n) is 17.4. The summed E-state index contributed by atoms with van der Waals surface area (Å²) in [7, 11) is 1.40. The molecule has 3 rings (SSSR count). The fraction of sp³-hybridized carbons (Fsp3) is 0.167. The van der Waals surface area contributed by atoms with Crippen LogP contribution in [0.1, 0.15) is 33.2 Å². The van der Waals surface area contributed by atoms with E-state index in [0.29, 0.717) is 11.3 Å². The largest absolute Gasteiger partial charge is 0.496 e. The molecule has 0 aromatic heterocycles. The first-order valence-electron chi connectivity index (χ1n) is 9.56. The van der Waals surface area contributed by atoms with Crippen molar-refractivity contribution >= 4 is 34.9 Å². The van der Waals surface area contributed by atoms with Gasteiger partial charge >= 0.3 is 5.97 Å². The second-order valence-electron chi connectivity index (χ2n) is 7.14. The Morgan fingerprint density at radius 3 is 2.26 bits per heavy atom. The fourth-order valence-corrected chi connectivity index (χ4v) is 3.39. The fourth-order valence-electron chi connectivity index (χ4n) is 3.22. The third kappa shape index (κ3) is 5.35. The number of aryl methyl sites for hydroxylation is 2. The number of benzene rings is 3. The maximum absolute atomic E-state index is 13.1. The number of carbonyl (C=O) groups is 2. The molecule has 3 aromatic rings. The molecule has 6 nitrogen and oxygen atoms in total. The molecule has 0 fully saturated rings.